The van der Waals surface area contributed by atoms with E-state index in [0.29, 0.717) is 0 Å². The Hall–Kier alpha value is -0.0800. The maximum Gasteiger partial charge on any atom is 0.00251 e. The largest absolute Gasteiger partial charge is 0.316 e. The molecule has 2 heteroatoms. The van der Waals surface area contributed by atoms with Crippen molar-refractivity contribution in [1.29, 1.82) is 0 Å². The Bertz CT molecular complexity index is 195. The molecule has 2 aliphatic rings. The van der Waals surface area contributed by atoms with E-state index in [-0.39, 0.29) is 0 Å². The van der Waals surface area contributed by atoms with E-state index in [1.165, 1.54) is 39.1 Å². The smallest absolute Gasteiger partial charge is 0.00251 e. The summed E-state index contributed by atoms with van der Waals surface area (Å²) in [6, 6.07) is 0. The zero-order valence-electron chi connectivity index (χ0n) is 10.5. The van der Waals surface area contributed by atoms with Gasteiger partial charge < -0.3 is 10.2 Å². The van der Waals surface area contributed by atoms with Crippen molar-refractivity contribution < 1.29 is 0 Å². The zero-order chi connectivity index (χ0) is 10.8. The molecule has 15 heavy (non-hydrogen) atoms. The zero-order valence-corrected chi connectivity index (χ0v) is 10.5. The lowest BCUT2D eigenvalue weighted by Gasteiger charge is -2.36. The molecule has 2 saturated heterocycles. The van der Waals surface area contributed by atoms with Crippen molar-refractivity contribution in [3.8, 4) is 0 Å². The third kappa shape index (κ3) is 2.94. The van der Waals surface area contributed by atoms with Crippen LogP contribution in [0.1, 0.15) is 27.2 Å². The predicted octanol–water partition coefficient (Wildman–Crippen LogP) is 1.82. The quantitative estimate of drug-likeness (QED) is 0.748. The number of rotatable bonds is 2. The average Bonchev–Trinajstić information content (AvgIpc) is 2.50. The van der Waals surface area contributed by atoms with Gasteiger partial charge in [0.05, 0.1) is 0 Å². The van der Waals surface area contributed by atoms with Crippen molar-refractivity contribution in [2.24, 2.45) is 23.7 Å². The minimum atomic E-state index is 0.873. The normalized spacial score (nSPS) is 43.4. The van der Waals surface area contributed by atoms with Gasteiger partial charge in [-0.25, -0.2) is 0 Å². The molecule has 0 saturated carbocycles. The second-order valence-corrected chi connectivity index (χ2v) is 6.06. The SMILES string of the molecule is CC1CC(C)CN(CC2CNCC2C)C1. The molecule has 2 heterocycles. The van der Waals surface area contributed by atoms with Crippen molar-refractivity contribution in [1.82, 2.24) is 10.2 Å². The molecule has 0 bridgehead atoms. The van der Waals surface area contributed by atoms with E-state index in [1.54, 1.807) is 0 Å². The summed E-state index contributed by atoms with van der Waals surface area (Å²) < 4.78 is 0. The van der Waals surface area contributed by atoms with Crippen LogP contribution >= 0.6 is 0 Å². The maximum absolute atomic E-state index is 3.51. The van der Waals surface area contributed by atoms with E-state index in [1.807, 2.05) is 0 Å². The van der Waals surface area contributed by atoms with Gasteiger partial charge in [0.15, 0.2) is 0 Å². The van der Waals surface area contributed by atoms with E-state index in [9.17, 15) is 0 Å². The number of hydrogen-bond acceptors (Lipinski definition) is 2. The highest BCUT2D eigenvalue weighted by atomic mass is 15.1. The van der Waals surface area contributed by atoms with Gasteiger partial charge in [0.1, 0.15) is 0 Å². The fourth-order valence-corrected chi connectivity index (χ4v) is 3.38. The average molecular weight is 210 g/mol. The van der Waals surface area contributed by atoms with Gasteiger partial charge in [0.25, 0.3) is 0 Å². The number of likely N-dealkylation sites (tertiary alicyclic amines) is 1. The monoisotopic (exact) mass is 210 g/mol. The molecule has 2 rings (SSSR count). The van der Waals surface area contributed by atoms with Gasteiger partial charge in [-0.1, -0.05) is 20.8 Å². The molecule has 0 aliphatic carbocycles. The van der Waals surface area contributed by atoms with Crippen LogP contribution in [-0.2, 0) is 0 Å². The van der Waals surface area contributed by atoms with E-state index >= 15 is 0 Å². The van der Waals surface area contributed by atoms with Crippen LogP contribution in [0.3, 0.4) is 0 Å². The Morgan fingerprint density at radius 1 is 1.07 bits per heavy atom. The maximum atomic E-state index is 3.51. The molecule has 1 N–H and O–H groups in total. The molecule has 0 aromatic carbocycles. The van der Waals surface area contributed by atoms with Crippen molar-refractivity contribution in [2.75, 3.05) is 32.7 Å². The first kappa shape index (κ1) is 11.4. The Balaban J connectivity index is 1.83. The first-order valence-corrected chi connectivity index (χ1v) is 6.58. The summed E-state index contributed by atoms with van der Waals surface area (Å²) in [6.45, 7) is 13.6. The molecule has 0 radical (unpaired) electrons. The van der Waals surface area contributed by atoms with Crippen LogP contribution in [0, 0.1) is 23.7 Å². The van der Waals surface area contributed by atoms with Crippen molar-refractivity contribution in [3.63, 3.8) is 0 Å². The fraction of sp³-hybridized carbons (Fsp3) is 1.00. The van der Waals surface area contributed by atoms with Crippen LogP contribution in [-0.4, -0.2) is 37.6 Å². The van der Waals surface area contributed by atoms with Gasteiger partial charge >= 0.3 is 0 Å². The molecule has 4 unspecified atom stereocenters. The predicted molar refractivity (Wildman–Crippen MR) is 64.9 cm³/mol. The molecule has 2 nitrogen and oxygen atoms in total. The molecule has 0 spiro atoms. The van der Waals surface area contributed by atoms with Gasteiger partial charge in [-0.05, 0) is 43.2 Å². The van der Waals surface area contributed by atoms with Crippen LogP contribution in [0.5, 0.6) is 0 Å². The summed E-state index contributed by atoms with van der Waals surface area (Å²) in [6.07, 6.45) is 1.43. The minimum Gasteiger partial charge on any atom is -0.316 e. The van der Waals surface area contributed by atoms with Crippen LogP contribution in [0.4, 0.5) is 0 Å². The summed E-state index contributed by atoms with van der Waals surface area (Å²) in [7, 11) is 0. The van der Waals surface area contributed by atoms with Crippen molar-refractivity contribution >= 4 is 0 Å². The van der Waals surface area contributed by atoms with E-state index in [0.717, 1.165) is 23.7 Å². The summed E-state index contributed by atoms with van der Waals surface area (Å²) >= 11 is 0. The van der Waals surface area contributed by atoms with Gasteiger partial charge in [-0.3, -0.25) is 0 Å². The van der Waals surface area contributed by atoms with Crippen LogP contribution in [0.15, 0.2) is 0 Å². The highest BCUT2D eigenvalue weighted by molar-refractivity contribution is 4.83. The number of hydrogen-bond donors (Lipinski definition) is 1. The lowest BCUT2D eigenvalue weighted by atomic mass is 9.90. The third-order valence-corrected chi connectivity index (χ3v) is 4.11. The third-order valence-electron chi connectivity index (χ3n) is 4.11. The molecule has 4 atom stereocenters. The molecule has 88 valence electrons. The molecular formula is C13H26N2. The minimum absolute atomic E-state index is 0.873. The summed E-state index contributed by atoms with van der Waals surface area (Å²) in [5.41, 5.74) is 0. The van der Waals surface area contributed by atoms with Crippen LogP contribution < -0.4 is 5.32 Å². The summed E-state index contributed by atoms with van der Waals surface area (Å²) in [4.78, 5) is 2.70. The van der Waals surface area contributed by atoms with E-state index < -0.39 is 0 Å². The fourth-order valence-electron chi connectivity index (χ4n) is 3.38. The van der Waals surface area contributed by atoms with Crippen LogP contribution in [0.2, 0.25) is 0 Å². The van der Waals surface area contributed by atoms with E-state index in [4.69, 9.17) is 0 Å². The molecular weight excluding hydrogens is 184 g/mol. The Kier molecular flexibility index (Phi) is 3.68. The van der Waals surface area contributed by atoms with Crippen molar-refractivity contribution in [3.05, 3.63) is 0 Å². The van der Waals surface area contributed by atoms with Crippen molar-refractivity contribution in [2.45, 2.75) is 27.2 Å². The van der Waals surface area contributed by atoms with Gasteiger partial charge in [-0.15, -0.1) is 0 Å². The highest BCUT2D eigenvalue weighted by Gasteiger charge is 2.28. The lowest BCUT2D eigenvalue weighted by Crippen LogP contribution is -2.42. The Morgan fingerprint density at radius 3 is 2.27 bits per heavy atom. The molecule has 0 amide bonds. The standard InChI is InChI=1S/C13H26N2/c1-10-4-11(2)8-15(7-10)9-13-6-14-5-12(13)3/h10-14H,4-9H2,1-3H3. The molecule has 2 aliphatic heterocycles. The second kappa shape index (κ2) is 4.84. The summed E-state index contributed by atoms with van der Waals surface area (Å²) in [5, 5.41) is 3.51. The lowest BCUT2D eigenvalue weighted by molar-refractivity contribution is 0.117. The number of nitrogens with one attached hydrogen (secondary N) is 1. The Morgan fingerprint density at radius 2 is 1.73 bits per heavy atom. The molecule has 0 aromatic rings. The van der Waals surface area contributed by atoms with Crippen LogP contribution in [0.25, 0.3) is 0 Å². The first-order valence-electron chi connectivity index (χ1n) is 6.58. The van der Waals surface area contributed by atoms with Gasteiger partial charge in [0.2, 0.25) is 0 Å². The topological polar surface area (TPSA) is 15.3 Å². The number of piperidine rings is 1. The van der Waals surface area contributed by atoms with E-state index in [2.05, 4.69) is 31.0 Å². The Labute approximate surface area is 94.4 Å². The summed E-state index contributed by atoms with van der Waals surface area (Å²) in [5.74, 6) is 3.57. The number of nitrogens with zero attached hydrogens (tertiary/aromatic N) is 1. The van der Waals surface area contributed by atoms with Gasteiger partial charge in [-0.2, -0.15) is 0 Å². The second-order valence-electron chi connectivity index (χ2n) is 6.06. The molecule has 0 aromatic heterocycles. The first-order chi connectivity index (χ1) is 7.15. The van der Waals surface area contributed by atoms with Gasteiger partial charge in [0, 0.05) is 19.6 Å². The highest BCUT2D eigenvalue weighted by Crippen LogP contribution is 2.24. The molecule has 2 fully saturated rings.